The summed E-state index contributed by atoms with van der Waals surface area (Å²) in [6, 6.07) is 18.8. The third-order valence-corrected chi connectivity index (χ3v) is 4.61. The molecule has 5 rings (SSSR count). The number of benzene rings is 3. The van der Waals surface area contributed by atoms with E-state index >= 15 is 0 Å². The van der Waals surface area contributed by atoms with Crippen molar-refractivity contribution in [2.75, 3.05) is 11.5 Å². The largest absolute Gasteiger partial charge is 0.383 e. The monoisotopic (exact) mass is 325 g/mol. The van der Waals surface area contributed by atoms with E-state index in [4.69, 9.17) is 11.5 Å². The minimum absolute atomic E-state index is 0.185. The Morgan fingerprint density at radius 2 is 1.68 bits per heavy atom. The van der Waals surface area contributed by atoms with Gasteiger partial charge in [0.1, 0.15) is 5.82 Å². The Kier molecular flexibility index (Phi) is 2.73. The lowest BCUT2D eigenvalue weighted by Gasteiger charge is -2.10. The molecule has 120 valence electrons. The van der Waals surface area contributed by atoms with Crippen LogP contribution in [0.4, 0.5) is 11.8 Å². The average Bonchev–Trinajstić information content (AvgIpc) is 3.09. The van der Waals surface area contributed by atoms with Gasteiger partial charge in [0.25, 0.3) is 0 Å². The van der Waals surface area contributed by atoms with Crippen LogP contribution < -0.4 is 11.5 Å². The van der Waals surface area contributed by atoms with Crippen molar-refractivity contribution in [3.63, 3.8) is 0 Å². The number of nitrogens with zero attached hydrogens (tertiary/aromatic N) is 2. The average molecular weight is 325 g/mol. The van der Waals surface area contributed by atoms with Gasteiger partial charge in [0, 0.05) is 17.1 Å². The maximum Gasteiger partial charge on any atom is 0.222 e. The van der Waals surface area contributed by atoms with Crippen LogP contribution >= 0.6 is 0 Å². The number of rotatable bonds is 1. The van der Waals surface area contributed by atoms with Crippen LogP contribution in [0.25, 0.3) is 43.7 Å². The first-order valence-corrected chi connectivity index (χ1v) is 8.03. The molecule has 0 bridgehead atoms. The van der Waals surface area contributed by atoms with E-state index in [2.05, 4.69) is 45.3 Å². The number of fused-ring (bicyclic) bond motifs is 4. The number of anilines is 2. The number of hydrogen-bond acceptors (Lipinski definition) is 4. The quantitative estimate of drug-likeness (QED) is 0.432. The van der Waals surface area contributed by atoms with Gasteiger partial charge in [0.2, 0.25) is 5.95 Å². The first-order chi connectivity index (χ1) is 12.2. The van der Waals surface area contributed by atoms with Crippen LogP contribution in [0.15, 0.2) is 60.8 Å². The summed E-state index contributed by atoms with van der Waals surface area (Å²) in [6.07, 6.45) is 1.91. The molecule has 0 aliphatic rings. The van der Waals surface area contributed by atoms with Gasteiger partial charge in [-0.3, -0.25) is 0 Å². The van der Waals surface area contributed by atoms with Gasteiger partial charge in [0.05, 0.1) is 16.4 Å². The Morgan fingerprint density at radius 1 is 0.840 bits per heavy atom. The maximum atomic E-state index is 6.10. The Labute approximate surface area is 143 Å². The summed E-state index contributed by atoms with van der Waals surface area (Å²) >= 11 is 0. The van der Waals surface area contributed by atoms with E-state index in [1.807, 2.05) is 30.5 Å². The van der Waals surface area contributed by atoms with Crippen molar-refractivity contribution >= 4 is 44.3 Å². The fourth-order valence-electron chi connectivity index (χ4n) is 3.49. The molecule has 5 heteroatoms. The zero-order valence-corrected chi connectivity index (χ0v) is 13.3. The lowest BCUT2D eigenvalue weighted by Crippen LogP contribution is -2.01. The lowest BCUT2D eigenvalue weighted by atomic mass is 9.97. The Balaban J connectivity index is 1.89. The number of hydrogen-bond donors (Lipinski definition) is 3. The van der Waals surface area contributed by atoms with E-state index in [0.29, 0.717) is 5.82 Å². The molecule has 5 aromatic rings. The molecule has 0 radical (unpaired) electrons. The van der Waals surface area contributed by atoms with Crippen molar-refractivity contribution in [2.24, 2.45) is 0 Å². The third-order valence-electron chi connectivity index (χ3n) is 4.61. The highest BCUT2D eigenvalue weighted by Crippen LogP contribution is 2.36. The SMILES string of the molecule is Nc1nc(N)c2c(cc(-c3ccc4ccccc4c3)c3[nH]ccc32)n1. The van der Waals surface area contributed by atoms with Crippen molar-refractivity contribution in [1.82, 2.24) is 15.0 Å². The molecule has 0 aliphatic carbocycles. The highest BCUT2D eigenvalue weighted by atomic mass is 15.0. The highest BCUT2D eigenvalue weighted by Gasteiger charge is 2.14. The zero-order chi connectivity index (χ0) is 17.0. The van der Waals surface area contributed by atoms with Crippen molar-refractivity contribution in [1.29, 1.82) is 0 Å². The summed E-state index contributed by atoms with van der Waals surface area (Å²) in [5.74, 6) is 0.585. The van der Waals surface area contributed by atoms with Gasteiger partial charge in [-0.25, -0.2) is 4.98 Å². The molecule has 0 spiro atoms. The number of aromatic amines is 1. The number of H-pyrrole nitrogens is 1. The second-order valence-electron chi connectivity index (χ2n) is 6.11. The summed E-state index contributed by atoms with van der Waals surface area (Å²) < 4.78 is 0. The van der Waals surface area contributed by atoms with Gasteiger partial charge < -0.3 is 16.5 Å². The van der Waals surface area contributed by atoms with Crippen LogP contribution in [0.2, 0.25) is 0 Å². The molecule has 5 N–H and O–H groups in total. The molecule has 25 heavy (non-hydrogen) atoms. The van der Waals surface area contributed by atoms with Crippen LogP contribution in [-0.2, 0) is 0 Å². The molecule has 0 fully saturated rings. The van der Waals surface area contributed by atoms with Gasteiger partial charge in [-0.2, -0.15) is 4.98 Å². The second kappa shape index (κ2) is 4.95. The molecule has 0 unspecified atom stereocenters. The van der Waals surface area contributed by atoms with Gasteiger partial charge in [-0.15, -0.1) is 0 Å². The lowest BCUT2D eigenvalue weighted by molar-refractivity contribution is 1.25. The summed E-state index contributed by atoms with van der Waals surface area (Å²) in [5.41, 5.74) is 15.8. The van der Waals surface area contributed by atoms with E-state index in [1.165, 1.54) is 10.8 Å². The first kappa shape index (κ1) is 13.8. The van der Waals surface area contributed by atoms with Crippen LogP contribution in [-0.4, -0.2) is 15.0 Å². The van der Waals surface area contributed by atoms with Crippen molar-refractivity contribution in [2.45, 2.75) is 0 Å². The van der Waals surface area contributed by atoms with E-state index in [1.54, 1.807) is 0 Å². The summed E-state index contributed by atoms with van der Waals surface area (Å²) in [5, 5.41) is 4.24. The molecule has 0 amide bonds. The van der Waals surface area contributed by atoms with E-state index in [0.717, 1.165) is 32.9 Å². The van der Waals surface area contributed by atoms with Gasteiger partial charge >= 0.3 is 0 Å². The predicted molar refractivity (Wildman–Crippen MR) is 103 cm³/mol. The molecule has 2 heterocycles. The Hall–Kier alpha value is -3.60. The molecular weight excluding hydrogens is 310 g/mol. The highest BCUT2D eigenvalue weighted by molar-refractivity contribution is 6.15. The smallest absolute Gasteiger partial charge is 0.222 e. The molecular formula is C20H15N5. The number of nitrogen functional groups attached to an aromatic ring is 2. The molecule has 5 nitrogen and oxygen atoms in total. The molecule has 0 saturated heterocycles. The van der Waals surface area contributed by atoms with Crippen LogP contribution in [0.3, 0.4) is 0 Å². The van der Waals surface area contributed by atoms with Gasteiger partial charge in [-0.1, -0.05) is 36.4 Å². The standard InChI is InChI=1S/C20H15N5/c21-19-17-14-7-8-23-18(14)15(10-16(17)24-20(22)25-19)13-6-5-11-3-1-2-4-12(11)9-13/h1-10,23H,(H4,21,22,24,25). The Bertz CT molecular complexity index is 1270. The minimum Gasteiger partial charge on any atom is -0.383 e. The van der Waals surface area contributed by atoms with E-state index in [-0.39, 0.29) is 5.95 Å². The number of nitrogens with two attached hydrogens (primary N) is 2. The molecule has 0 saturated carbocycles. The Morgan fingerprint density at radius 3 is 2.56 bits per heavy atom. The first-order valence-electron chi connectivity index (χ1n) is 8.03. The van der Waals surface area contributed by atoms with Gasteiger partial charge in [-0.05, 0) is 34.5 Å². The second-order valence-corrected chi connectivity index (χ2v) is 6.11. The number of nitrogens with one attached hydrogen (secondary N) is 1. The molecule has 0 aliphatic heterocycles. The maximum absolute atomic E-state index is 6.10. The summed E-state index contributed by atoms with van der Waals surface area (Å²) in [7, 11) is 0. The topological polar surface area (TPSA) is 93.6 Å². The predicted octanol–water partition coefficient (Wildman–Crippen LogP) is 4.10. The van der Waals surface area contributed by atoms with Crippen molar-refractivity contribution in [3.8, 4) is 11.1 Å². The van der Waals surface area contributed by atoms with E-state index in [9.17, 15) is 0 Å². The normalized spacial score (nSPS) is 11.5. The minimum atomic E-state index is 0.185. The van der Waals surface area contributed by atoms with E-state index < -0.39 is 0 Å². The molecule has 3 aromatic carbocycles. The fraction of sp³-hybridized carbons (Fsp3) is 0. The summed E-state index contributed by atoms with van der Waals surface area (Å²) in [6.45, 7) is 0. The summed E-state index contributed by atoms with van der Waals surface area (Å²) in [4.78, 5) is 11.8. The van der Waals surface area contributed by atoms with Gasteiger partial charge in [0.15, 0.2) is 0 Å². The zero-order valence-electron chi connectivity index (χ0n) is 13.3. The molecule has 2 aromatic heterocycles. The van der Waals surface area contributed by atoms with Crippen LogP contribution in [0.5, 0.6) is 0 Å². The van der Waals surface area contributed by atoms with Crippen LogP contribution in [0, 0.1) is 0 Å². The fourth-order valence-corrected chi connectivity index (χ4v) is 3.49. The van der Waals surface area contributed by atoms with Crippen LogP contribution in [0.1, 0.15) is 0 Å². The molecule has 0 atom stereocenters. The van der Waals surface area contributed by atoms with Crippen molar-refractivity contribution < 1.29 is 0 Å². The third kappa shape index (κ3) is 2.03. The number of aromatic nitrogens is 3. The van der Waals surface area contributed by atoms with Crippen molar-refractivity contribution in [3.05, 3.63) is 60.8 Å².